The summed E-state index contributed by atoms with van der Waals surface area (Å²) >= 11 is 0. The van der Waals surface area contributed by atoms with Crippen molar-refractivity contribution in [2.45, 2.75) is 6.54 Å². The van der Waals surface area contributed by atoms with E-state index in [0.29, 0.717) is 18.1 Å². The van der Waals surface area contributed by atoms with E-state index >= 15 is 0 Å². The molecule has 0 unspecified atom stereocenters. The predicted octanol–water partition coefficient (Wildman–Crippen LogP) is 2.88. The van der Waals surface area contributed by atoms with E-state index in [9.17, 15) is 0 Å². The summed E-state index contributed by atoms with van der Waals surface area (Å²) < 4.78 is 15.2. The zero-order valence-corrected chi connectivity index (χ0v) is 14.3. The molecule has 0 aliphatic carbocycles. The standard InChI is InChI=1S/C17H15N7O3/c1-25-13-4-2-12(3-5-13)20-15-14(22-27-24-15)16-21-17(26-23-16)19-10-11-6-8-18-9-7-11/h2-9H,10H2,1H3,(H,20,24)(H,19,21,23). The van der Waals surface area contributed by atoms with E-state index in [1.807, 2.05) is 36.4 Å². The smallest absolute Gasteiger partial charge is 0.322 e. The van der Waals surface area contributed by atoms with Crippen LogP contribution in [0, 0.1) is 0 Å². The first kappa shape index (κ1) is 16.5. The van der Waals surface area contributed by atoms with Gasteiger partial charge in [0.15, 0.2) is 5.69 Å². The Morgan fingerprint density at radius 1 is 1.00 bits per heavy atom. The monoisotopic (exact) mass is 365 g/mol. The number of rotatable bonds is 7. The second kappa shape index (κ2) is 7.52. The molecule has 4 rings (SSSR count). The molecule has 0 aliphatic rings. The van der Waals surface area contributed by atoms with Gasteiger partial charge in [-0.15, -0.1) is 0 Å². The minimum Gasteiger partial charge on any atom is -0.497 e. The van der Waals surface area contributed by atoms with E-state index in [1.54, 1.807) is 19.5 Å². The minimum absolute atomic E-state index is 0.254. The van der Waals surface area contributed by atoms with Crippen LogP contribution >= 0.6 is 0 Å². The molecule has 0 spiro atoms. The lowest BCUT2D eigenvalue weighted by Gasteiger charge is -2.04. The van der Waals surface area contributed by atoms with Gasteiger partial charge in [-0.3, -0.25) is 4.98 Å². The molecule has 3 heterocycles. The molecule has 0 saturated carbocycles. The minimum atomic E-state index is 0.254. The van der Waals surface area contributed by atoms with Crippen molar-refractivity contribution in [2.24, 2.45) is 0 Å². The molecule has 10 nitrogen and oxygen atoms in total. The zero-order valence-electron chi connectivity index (χ0n) is 14.3. The summed E-state index contributed by atoms with van der Waals surface area (Å²) in [6.45, 7) is 0.526. The van der Waals surface area contributed by atoms with Crippen LogP contribution in [0.1, 0.15) is 5.56 Å². The average molecular weight is 365 g/mol. The van der Waals surface area contributed by atoms with Gasteiger partial charge in [0.05, 0.1) is 7.11 Å². The Kier molecular flexibility index (Phi) is 4.60. The van der Waals surface area contributed by atoms with Crippen LogP contribution in [0.5, 0.6) is 5.75 Å². The molecule has 2 N–H and O–H groups in total. The number of nitrogens with one attached hydrogen (secondary N) is 2. The highest BCUT2D eigenvalue weighted by Crippen LogP contribution is 2.26. The second-order valence-corrected chi connectivity index (χ2v) is 5.45. The van der Waals surface area contributed by atoms with Crippen molar-refractivity contribution in [1.82, 2.24) is 25.4 Å². The fourth-order valence-corrected chi connectivity index (χ4v) is 2.30. The summed E-state index contributed by atoms with van der Waals surface area (Å²) in [6, 6.07) is 11.4. The highest BCUT2D eigenvalue weighted by atomic mass is 16.6. The molecule has 0 aliphatic heterocycles. The highest BCUT2D eigenvalue weighted by molar-refractivity contribution is 5.70. The quantitative estimate of drug-likeness (QED) is 0.505. The lowest BCUT2D eigenvalue weighted by Crippen LogP contribution is -1.99. The lowest BCUT2D eigenvalue weighted by atomic mass is 10.3. The predicted molar refractivity (Wildman–Crippen MR) is 95.4 cm³/mol. The SMILES string of the molecule is COc1ccc(Nc2nonc2-c2noc(NCc3ccncc3)n2)cc1. The molecule has 0 fully saturated rings. The van der Waals surface area contributed by atoms with Gasteiger partial charge in [0.25, 0.3) is 0 Å². The van der Waals surface area contributed by atoms with Crippen molar-refractivity contribution in [1.29, 1.82) is 0 Å². The number of hydrogen-bond donors (Lipinski definition) is 2. The van der Waals surface area contributed by atoms with Gasteiger partial charge in [-0.25, -0.2) is 4.63 Å². The highest BCUT2D eigenvalue weighted by Gasteiger charge is 2.19. The third kappa shape index (κ3) is 3.84. The molecule has 27 heavy (non-hydrogen) atoms. The van der Waals surface area contributed by atoms with Crippen LogP contribution in [0.15, 0.2) is 57.9 Å². The van der Waals surface area contributed by atoms with Gasteiger partial charge in [0.1, 0.15) is 5.75 Å². The molecule has 0 amide bonds. The largest absolute Gasteiger partial charge is 0.497 e. The van der Waals surface area contributed by atoms with Crippen LogP contribution in [0.2, 0.25) is 0 Å². The van der Waals surface area contributed by atoms with Crippen molar-refractivity contribution in [3.63, 3.8) is 0 Å². The Labute approximate surface area is 153 Å². The summed E-state index contributed by atoms with van der Waals surface area (Å²) in [5.74, 6) is 1.38. The number of benzene rings is 1. The Balaban J connectivity index is 1.46. The molecule has 3 aromatic heterocycles. The van der Waals surface area contributed by atoms with E-state index in [2.05, 4.69) is 36.1 Å². The Morgan fingerprint density at radius 3 is 2.59 bits per heavy atom. The number of hydrogen-bond acceptors (Lipinski definition) is 10. The molecule has 10 heteroatoms. The fraction of sp³-hybridized carbons (Fsp3) is 0.118. The van der Waals surface area contributed by atoms with Gasteiger partial charge in [0.2, 0.25) is 11.6 Å². The molecule has 0 bridgehead atoms. The topological polar surface area (TPSA) is 124 Å². The van der Waals surface area contributed by atoms with Crippen molar-refractivity contribution < 1.29 is 13.9 Å². The van der Waals surface area contributed by atoms with E-state index in [0.717, 1.165) is 17.0 Å². The molecular weight excluding hydrogens is 350 g/mol. The Bertz CT molecular complexity index is 999. The summed E-state index contributed by atoms with van der Waals surface area (Å²) in [6.07, 6.45) is 3.43. The van der Waals surface area contributed by atoms with Gasteiger partial charge >= 0.3 is 6.01 Å². The molecular formula is C17H15N7O3. The maximum Gasteiger partial charge on any atom is 0.322 e. The van der Waals surface area contributed by atoms with Crippen molar-refractivity contribution in [3.8, 4) is 17.3 Å². The molecule has 1 aromatic carbocycles. The van der Waals surface area contributed by atoms with Gasteiger partial charge in [-0.1, -0.05) is 5.16 Å². The first-order valence-electron chi connectivity index (χ1n) is 8.02. The maximum atomic E-state index is 5.20. The van der Waals surface area contributed by atoms with Gasteiger partial charge in [-0.05, 0) is 52.3 Å². The lowest BCUT2D eigenvalue weighted by molar-refractivity contribution is 0.310. The van der Waals surface area contributed by atoms with Crippen LogP contribution in [0.4, 0.5) is 17.5 Å². The third-order valence-electron chi connectivity index (χ3n) is 3.67. The number of pyridine rings is 1. The van der Waals surface area contributed by atoms with Crippen LogP contribution in [0.25, 0.3) is 11.5 Å². The number of ether oxygens (including phenoxy) is 1. The fourth-order valence-electron chi connectivity index (χ4n) is 2.30. The van der Waals surface area contributed by atoms with E-state index in [4.69, 9.17) is 13.9 Å². The number of anilines is 3. The van der Waals surface area contributed by atoms with Crippen LogP contribution in [-0.2, 0) is 6.54 Å². The molecule has 0 saturated heterocycles. The van der Waals surface area contributed by atoms with E-state index < -0.39 is 0 Å². The maximum absolute atomic E-state index is 5.20. The van der Waals surface area contributed by atoms with Crippen molar-refractivity contribution >= 4 is 17.5 Å². The van der Waals surface area contributed by atoms with Crippen LogP contribution < -0.4 is 15.4 Å². The Hall–Kier alpha value is -3.95. The summed E-state index contributed by atoms with van der Waals surface area (Å²) in [4.78, 5) is 8.24. The number of aromatic nitrogens is 5. The van der Waals surface area contributed by atoms with E-state index in [-0.39, 0.29) is 11.8 Å². The van der Waals surface area contributed by atoms with Crippen molar-refractivity contribution in [3.05, 3.63) is 54.4 Å². The number of nitrogens with zero attached hydrogens (tertiary/aromatic N) is 5. The summed E-state index contributed by atoms with van der Waals surface area (Å²) in [5.41, 5.74) is 2.16. The van der Waals surface area contributed by atoms with Crippen LogP contribution in [-0.4, -0.2) is 32.5 Å². The molecule has 0 atom stereocenters. The van der Waals surface area contributed by atoms with Gasteiger partial charge in [-0.2, -0.15) is 4.98 Å². The number of methoxy groups -OCH3 is 1. The second-order valence-electron chi connectivity index (χ2n) is 5.45. The zero-order chi connectivity index (χ0) is 18.5. The summed E-state index contributed by atoms with van der Waals surface area (Å²) in [7, 11) is 1.61. The summed E-state index contributed by atoms with van der Waals surface area (Å²) in [5, 5.41) is 17.8. The Morgan fingerprint density at radius 2 is 1.81 bits per heavy atom. The van der Waals surface area contributed by atoms with Crippen molar-refractivity contribution in [2.75, 3.05) is 17.7 Å². The first-order valence-corrected chi connectivity index (χ1v) is 8.02. The molecule has 4 aromatic rings. The van der Waals surface area contributed by atoms with Crippen LogP contribution in [0.3, 0.4) is 0 Å². The third-order valence-corrected chi connectivity index (χ3v) is 3.67. The van der Waals surface area contributed by atoms with E-state index in [1.165, 1.54) is 0 Å². The van der Waals surface area contributed by atoms with Gasteiger partial charge in [0, 0.05) is 24.6 Å². The average Bonchev–Trinajstić information content (AvgIpc) is 3.37. The normalized spacial score (nSPS) is 10.6. The molecule has 136 valence electrons. The molecule has 0 radical (unpaired) electrons. The first-order chi connectivity index (χ1) is 13.3. The van der Waals surface area contributed by atoms with Gasteiger partial charge < -0.3 is 19.9 Å².